The zero-order valence-electron chi connectivity index (χ0n) is 14.3. The molecular formula is C20H20BrN3O. The molecular weight excluding hydrogens is 378 g/mol. The lowest BCUT2D eigenvalue weighted by atomic mass is 10.1. The van der Waals surface area contributed by atoms with Gasteiger partial charge in [-0.2, -0.15) is 5.10 Å². The van der Waals surface area contributed by atoms with Crippen molar-refractivity contribution < 1.29 is 4.79 Å². The van der Waals surface area contributed by atoms with E-state index in [1.165, 1.54) is 11.1 Å². The van der Waals surface area contributed by atoms with E-state index in [0.717, 1.165) is 22.3 Å². The molecule has 0 unspecified atom stereocenters. The number of amides is 1. The fraction of sp³-hybridized carbons (Fsp3) is 0.200. The number of nitrogens with one attached hydrogen (secondary N) is 1. The maximum Gasteiger partial charge on any atom is 0.254 e. The second-order valence-corrected chi connectivity index (χ2v) is 6.94. The van der Waals surface area contributed by atoms with Crippen molar-refractivity contribution in [3.05, 3.63) is 81.6 Å². The van der Waals surface area contributed by atoms with Crippen LogP contribution in [0.1, 0.15) is 27.2 Å². The van der Waals surface area contributed by atoms with Crippen LogP contribution < -0.4 is 5.32 Å². The molecule has 0 aliphatic carbocycles. The second kappa shape index (κ2) is 7.66. The van der Waals surface area contributed by atoms with Gasteiger partial charge in [0.25, 0.3) is 5.91 Å². The van der Waals surface area contributed by atoms with Gasteiger partial charge < -0.3 is 5.32 Å². The Morgan fingerprint density at radius 3 is 2.64 bits per heavy atom. The second-order valence-electron chi connectivity index (χ2n) is 6.03. The lowest BCUT2D eigenvalue weighted by molar-refractivity contribution is 0.0953. The van der Waals surface area contributed by atoms with E-state index in [4.69, 9.17) is 0 Å². The fourth-order valence-electron chi connectivity index (χ4n) is 2.76. The van der Waals surface area contributed by atoms with Gasteiger partial charge in [0.15, 0.2) is 0 Å². The van der Waals surface area contributed by atoms with Crippen LogP contribution in [0.3, 0.4) is 0 Å². The summed E-state index contributed by atoms with van der Waals surface area (Å²) in [5, 5.41) is 7.34. The van der Waals surface area contributed by atoms with Gasteiger partial charge in [-0.15, -0.1) is 0 Å². The number of hydrogen-bond acceptors (Lipinski definition) is 2. The minimum absolute atomic E-state index is 0.0893. The molecule has 1 heterocycles. The first-order valence-corrected chi connectivity index (χ1v) is 8.98. The van der Waals surface area contributed by atoms with E-state index < -0.39 is 0 Å². The quantitative estimate of drug-likeness (QED) is 0.700. The molecule has 2 aromatic carbocycles. The molecule has 0 spiro atoms. The number of aryl methyl sites for hydroxylation is 1. The minimum Gasteiger partial charge on any atom is -0.352 e. The number of halogens is 1. The van der Waals surface area contributed by atoms with Crippen LogP contribution in [0.2, 0.25) is 0 Å². The van der Waals surface area contributed by atoms with E-state index in [0.29, 0.717) is 12.1 Å². The van der Waals surface area contributed by atoms with Crippen molar-refractivity contribution in [3.8, 4) is 5.69 Å². The van der Waals surface area contributed by atoms with Gasteiger partial charge in [-0.3, -0.25) is 4.79 Å². The monoisotopic (exact) mass is 397 g/mol. The smallest absolute Gasteiger partial charge is 0.254 e. The summed E-state index contributed by atoms with van der Waals surface area (Å²) in [7, 11) is 0. The SMILES string of the molecule is Cc1cccc(CCNC(=O)c2cnn(-c3ccc(Br)cc3)c2C)c1. The number of carbonyl (C=O) groups excluding carboxylic acids is 1. The standard InChI is InChI=1S/C20H20BrN3O/c1-14-4-3-5-16(12-14)10-11-22-20(25)19-13-23-24(15(19)2)18-8-6-17(21)7-9-18/h3-9,12-13H,10-11H2,1-2H3,(H,22,25). The molecule has 0 radical (unpaired) electrons. The summed E-state index contributed by atoms with van der Waals surface area (Å²) in [5.41, 5.74) is 4.82. The van der Waals surface area contributed by atoms with Crippen molar-refractivity contribution in [2.24, 2.45) is 0 Å². The molecule has 128 valence electrons. The predicted octanol–water partition coefficient (Wildman–Crippen LogP) is 4.22. The minimum atomic E-state index is -0.0893. The first-order valence-electron chi connectivity index (χ1n) is 8.19. The molecule has 1 N–H and O–H groups in total. The lowest BCUT2D eigenvalue weighted by Crippen LogP contribution is -2.26. The van der Waals surface area contributed by atoms with Crippen LogP contribution in [0.4, 0.5) is 0 Å². The van der Waals surface area contributed by atoms with Crippen molar-refractivity contribution in [1.29, 1.82) is 0 Å². The van der Waals surface area contributed by atoms with Gasteiger partial charge >= 0.3 is 0 Å². The Hall–Kier alpha value is -2.40. The average Bonchev–Trinajstić information content (AvgIpc) is 2.97. The summed E-state index contributed by atoms with van der Waals surface area (Å²) >= 11 is 3.42. The number of carbonyl (C=O) groups is 1. The number of hydrogen-bond donors (Lipinski definition) is 1. The molecule has 0 saturated carbocycles. The third kappa shape index (κ3) is 4.17. The first kappa shape index (κ1) is 17.4. The molecule has 1 aromatic heterocycles. The van der Waals surface area contributed by atoms with Crippen LogP contribution in [-0.2, 0) is 6.42 Å². The molecule has 3 rings (SSSR count). The Balaban J connectivity index is 1.65. The van der Waals surface area contributed by atoms with Crippen molar-refractivity contribution in [2.45, 2.75) is 20.3 Å². The number of benzene rings is 2. The third-order valence-electron chi connectivity index (χ3n) is 4.11. The van der Waals surface area contributed by atoms with Gasteiger partial charge in [-0.25, -0.2) is 4.68 Å². The molecule has 0 saturated heterocycles. The van der Waals surface area contributed by atoms with Gasteiger partial charge in [-0.05, 0) is 50.1 Å². The zero-order chi connectivity index (χ0) is 17.8. The molecule has 0 aliphatic heterocycles. The summed E-state index contributed by atoms with van der Waals surface area (Å²) in [4.78, 5) is 12.4. The molecule has 0 fully saturated rings. The predicted molar refractivity (Wildman–Crippen MR) is 103 cm³/mol. The number of nitrogens with zero attached hydrogens (tertiary/aromatic N) is 2. The highest BCUT2D eigenvalue weighted by molar-refractivity contribution is 9.10. The van der Waals surface area contributed by atoms with E-state index in [9.17, 15) is 4.79 Å². The van der Waals surface area contributed by atoms with Crippen molar-refractivity contribution in [1.82, 2.24) is 15.1 Å². The molecule has 0 aliphatic rings. The maximum absolute atomic E-state index is 12.4. The highest BCUT2D eigenvalue weighted by atomic mass is 79.9. The largest absolute Gasteiger partial charge is 0.352 e. The summed E-state index contributed by atoms with van der Waals surface area (Å²) in [6, 6.07) is 16.2. The summed E-state index contributed by atoms with van der Waals surface area (Å²) in [6.07, 6.45) is 2.44. The molecule has 5 heteroatoms. The lowest BCUT2D eigenvalue weighted by Gasteiger charge is -2.07. The van der Waals surface area contributed by atoms with E-state index in [2.05, 4.69) is 51.5 Å². The third-order valence-corrected chi connectivity index (χ3v) is 4.64. The normalized spacial score (nSPS) is 10.7. The Kier molecular flexibility index (Phi) is 5.34. The van der Waals surface area contributed by atoms with Gasteiger partial charge in [0, 0.05) is 11.0 Å². The van der Waals surface area contributed by atoms with Gasteiger partial charge in [0.05, 0.1) is 23.1 Å². The van der Waals surface area contributed by atoms with Crippen LogP contribution in [0.5, 0.6) is 0 Å². The van der Waals surface area contributed by atoms with Gasteiger partial charge in [0.2, 0.25) is 0 Å². The average molecular weight is 398 g/mol. The molecule has 25 heavy (non-hydrogen) atoms. The Morgan fingerprint density at radius 1 is 1.16 bits per heavy atom. The van der Waals surface area contributed by atoms with Crippen LogP contribution in [0, 0.1) is 13.8 Å². The fourth-order valence-corrected chi connectivity index (χ4v) is 3.02. The Bertz CT molecular complexity index is 884. The van der Waals surface area contributed by atoms with Gasteiger partial charge in [0.1, 0.15) is 0 Å². The zero-order valence-corrected chi connectivity index (χ0v) is 15.9. The van der Waals surface area contributed by atoms with Crippen molar-refractivity contribution in [2.75, 3.05) is 6.54 Å². The topological polar surface area (TPSA) is 46.9 Å². The summed E-state index contributed by atoms with van der Waals surface area (Å²) in [6.45, 7) is 4.58. The number of rotatable bonds is 5. The molecule has 4 nitrogen and oxygen atoms in total. The molecule has 0 bridgehead atoms. The number of aromatic nitrogens is 2. The molecule has 1 amide bonds. The Labute approximate surface area is 156 Å². The van der Waals surface area contributed by atoms with Crippen molar-refractivity contribution >= 4 is 21.8 Å². The highest BCUT2D eigenvalue weighted by Crippen LogP contribution is 2.17. The van der Waals surface area contributed by atoms with Crippen LogP contribution in [0.25, 0.3) is 5.69 Å². The van der Waals surface area contributed by atoms with Crippen LogP contribution in [-0.4, -0.2) is 22.2 Å². The van der Waals surface area contributed by atoms with E-state index in [1.807, 2.05) is 37.3 Å². The summed E-state index contributed by atoms with van der Waals surface area (Å²) in [5.74, 6) is -0.0893. The highest BCUT2D eigenvalue weighted by Gasteiger charge is 2.14. The van der Waals surface area contributed by atoms with Crippen LogP contribution in [0.15, 0.2) is 59.2 Å². The molecule has 3 aromatic rings. The van der Waals surface area contributed by atoms with Gasteiger partial charge in [-0.1, -0.05) is 45.8 Å². The maximum atomic E-state index is 12.4. The van der Waals surface area contributed by atoms with E-state index in [1.54, 1.807) is 10.9 Å². The Morgan fingerprint density at radius 2 is 1.92 bits per heavy atom. The van der Waals surface area contributed by atoms with E-state index >= 15 is 0 Å². The van der Waals surface area contributed by atoms with Crippen molar-refractivity contribution in [3.63, 3.8) is 0 Å². The summed E-state index contributed by atoms with van der Waals surface area (Å²) < 4.78 is 2.79. The van der Waals surface area contributed by atoms with Crippen LogP contribution >= 0.6 is 15.9 Å². The van der Waals surface area contributed by atoms with E-state index in [-0.39, 0.29) is 5.91 Å². The molecule has 0 atom stereocenters. The first-order chi connectivity index (χ1) is 12.0.